The minimum absolute atomic E-state index is 0.379. The third kappa shape index (κ3) is 2.46. The molecule has 0 aromatic carbocycles. The predicted molar refractivity (Wildman–Crippen MR) is 72.4 cm³/mol. The number of halogens is 1. The third-order valence-electron chi connectivity index (χ3n) is 2.76. The van der Waals surface area contributed by atoms with E-state index < -0.39 is 0 Å². The van der Waals surface area contributed by atoms with Gasteiger partial charge in [-0.15, -0.1) is 0 Å². The van der Waals surface area contributed by atoms with Crippen molar-refractivity contribution in [1.29, 1.82) is 0 Å². The maximum absolute atomic E-state index is 6.09. The SMILES string of the molecule is CCc1nn(C)cc1Nc1nc(C)c(C)nc1Cl. The van der Waals surface area contributed by atoms with Gasteiger partial charge in [0.05, 0.1) is 22.8 Å². The lowest BCUT2D eigenvalue weighted by molar-refractivity contribution is 0.746. The molecule has 0 saturated heterocycles. The highest BCUT2D eigenvalue weighted by molar-refractivity contribution is 6.31. The van der Waals surface area contributed by atoms with Gasteiger partial charge in [-0.3, -0.25) is 4.68 Å². The number of aromatic nitrogens is 4. The van der Waals surface area contributed by atoms with Gasteiger partial charge in [-0.25, -0.2) is 9.97 Å². The van der Waals surface area contributed by atoms with Crippen LogP contribution in [0.4, 0.5) is 11.5 Å². The molecule has 0 saturated carbocycles. The van der Waals surface area contributed by atoms with E-state index in [0.717, 1.165) is 29.2 Å². The Hall–Kier alpha value is -1.62. The monoisotopic (exact) mass is 265 g/mol. The molecule has 0 unspecified atom stereocenters. The quantitative estimate of drug-likeness (QED) is 0.927. The first-order valence-corrected chi connectivity index (χ1v) is 6.19. The molecular weight excluding hydrogens is 250 g/mol. The van der Waals surface area contributed by atoms with Gasteiger partial charge in [0.1, 0.15) is 0 Å². The molecule has 0 atom stereocenters. The van der Waals surface area contributed by atoms with E-state index in [4.69, 9.17) is 11.6 Å². The number of hydrogen-bond donors (Lipinski definition) is 1. The molecule has 1 N–H and O–H groups in total. The van der Waals surface area contributed by atoms with Gasteiger partial charge in [0.25, 0.3) is 0 Å². The van der Waals surface area contributed by atoms with Gasteiger partial charge in [0, 0.05) is 13.2 Å². The molecule has 0 fully saturated rings. The van der Waals surface area contributed by atoms with Gasteiger partial charge in [-0.2, -0.15) is 5.10 Å². The molecule has 2 heterocycles. The fourth-order valence-corrected chi connectivity index (χ4v) is 1.90. The summed E-state index contributed by atoms with van der Waals surface area (Å²) in [6, 6.07) is 0. The van der Waals surface area contributed by atoms with Crippen LogP contribution in [0.15, 0.2) is 6.20 Å². The maximum atomic E-state index is 6.09. The zero-order valence-electron chi connectivity index (χ0n) is 11.0. The van der Waals surface area contributed by atoms with Crippen LogP contribution < -0.4 is 5.32 Å². The fourth-order valence-electron chi connectivity index (χ4n) is 1.68. The summed E-state index contributed by atoms with van der Waals surface area (Å²) in [5, 5.41) is 7.93. The predicted octanol–water partition coefficient (Wildman–Crippen LogP) is 2.79. The average molecular weight is 266 g/mol. The van der Waals surface area contributed by atoms with Crippen molar-refractivity contribution in [2.75, 3.05) is 5.32 Å². The van der Waals surface area contributed by atoms with Gasteiger partial charge in [-0.05, 0) is 20.3 Å². The highest BCUT2D eigenvalue weighted by Gasteiger charge is 2.11. The molecule has 0 amide bonds. The molecule has 18 heavy (non-hydrogen) atoms. The minimum atomic E-state index is 0.379. The number of rotatable bonds is 3. The van der Waals surface area contributed by atoms with E-state index in [2.05, 4.69) is 27.3 Å². The third-order valence-corrected chi connectivity index (χ3v) is 3.02. The molecule has 5 nitrogen and oxygen atoms in total. The van der Waals surface area contributed by atoms with Crippen molar-refractivity contribution in [3.05, 3.63) is 28.4 Å². The van der Waals surface area contributed by atoms with E-state index >= 15 is 0 Å². The van der Waals surface area contributed by atoms with E-state index in [-0.39, 0.29) is 0 Å². The first-order valence-electron chi connectivity index (χ1n) is 5.81. The molecule has 0 aliphatic carbocycles. The van der Waals surface area contributed by atoms with Crippen LogP contribution in [-0.4, -0.2) is 19.7 Å². The summed E-state index contributed by atoms with van der Waals surface area (Å²) >= 11 is 6.09. The van der Waals surface area contributed by atoms with E-state index in [1.807, 2.05) is 27.1 Å². The van der Waals surface area contributed by atoms with Gasteiger partial charge < -0.3 is 5.32 Å². The zero-order valence-corrected chi connectivity index (χ0v) is 11.7. The zero-order chi connectivity index (χ0) is 13.3. The Morgan fingerprint density at radius 1 is 1.28 bits per heavy atom. The Morgan fingerprint density at radius 3 is 2.61 bits per heavy atom. The van der Waals surface area contributed by atoms with Crippen molar-refractivity contribution in [2.24, 2.45) is 7.05 Å². The summed E-state index contributed by atoms with van der Waals surface area (Å²) < 4.78 is 1.77. The average Bonchev–Trinajstić information content (AvgIpc) is 2.66. The van der Waals surface area contributed by atoms with Crippen molar-refractivity contribution in [2.45, 2.75) is 27.2 Å². The Balaban J connectivity index is 2.36. The molecule has 96 valence electrons. The summed E-state index contributed by atoms with van der Waals surface area (Å²) in [5.41, 5.74) is 3.60. The molecule has 2 rings (SSSR count). The molecule has 2 aromatic rings. The summed E-state index contributed by atoms with van der Waals surface area (Å²) in [5.74, 6) is 0.572. The summed E-state index contributed by atoms with van der Waals surface area (Å²) in [4.78, 5) is 8.65. The fraction of sp³-hybridized carbons (Fsp3) is 0.417. The van der Waals surface area contributed by atoms with E-state index in [9.17, 15) is 0 Å². The first-order chi connectivity index (χ1) is 8.51. The Labute approximate surface area is 111 Å². The van der Waals surface area contributed by atoms with Gasteiger partial charge in [0.15, 0.2) is 11.0 Å². The number of hydrogen-bond acceptors (Lipinski definition) is 4. The van der Waals surface area contributed by atoms with Crippen molar-refractivity contribution in [3.8, 4) is 0 Å². The lowest BCUT2D eigenvalue weighted by Gasteiger charge is -2.08. The second-order valence-corrected chi connectivity index (χ2v) is 4.53. The van der Waals surface area contributed by atoms with Crippen molar-refractivity contribution in [1.82, 2.24) is 19.7 Å². The second kappa shape index (κ2) is 4.94. The van der Waals surface area contributed by atoms with E-state index in [0.29, 0.717) is 11.0 Å². The number of aryl methyl sites for hydroxylation is 4. The lowest BCUT2D eigenvalue weighted by Crippen LogP contribution is -2.01. The topological polar surface area (TPSA) is 55.6 Å². The van der Waals surface area contributed by atoms with Crippen LogP contribution in [0.1, 0.15) is 24.0 Å². The summed E-state index contributed by atoms with van der Waals surface area (Å²) in [7, 11) is 1.89. The standard InChI is InChI=1S/C12H16ClN5/c1-5-9-10(6-18(4)17-9)16-12-11(13)14-7(2)8(3)15-12/h6H,5H2,1-4H3,(H,15,16). The number of nitrogens with zero attached hydrogens (tertiary/aromatic N) is 4. The molecule has 0 radical (unpaired) electrons. The molecule has 0 bridgehead atoms. The summed E-state index contributed by atoms with van der Waals surface area (Å²) in [6.07, 6.45) is 2.76. The van der Waals surface area contributed by atoms with Crippen LogP contribution in [0.5, 0.6) is 0 Å². The molecule has 0 aliphatic heterocycles. The van der Waals surface area contributed by atoms with Crippen LogP contribution in [0.3, 0.4) is 0 Å². The largest absolute Gasteiger partial charge is 0.335 e. The van der Waals surface area contributed by atoms with Crippen molar-refractivity contribution in [3.63, 3.8) is 0 Å². The van der Waals surface area contributed by atoms with Gasteiger partial charge in [0.2, 0.25) is 0 Å². The molecule has 2 aromatic heterocycles. The van der Waals surface area contributed by atoms with Crippen molar-refractivity contribution < 1.29 is 0 Å². The Kier molecular flexibility index (Phi) is 3.52. The Bertz CT molecular complexity index is 576. The highest BCUT2D eigenvalue weighted by Crippen LogP contribution is 2.24. The second-order valence-electron chi connectivity index (χ2n) is 4.18. The molecule has 0 aliphatic rings. The number of nitrogens with one attached hydrogen (secondary N) is 1. The van der Waals surface area contributed by atoms with Crippen molar-refractivity contribution >= 4 is 23.1 Å². The van der Waals surface area contributed by atoms with Crippen LogP contribution in [0.25, 0.3) is 0 Å². The van der Waals surface area contributed by atoms with E-state index in [1.165, 1.54) is 0 Å². The number of anilines is 2. The van der Waals surface area contributed by atoms with Gasteiger partial charge >= 0.3 is 0 Å². The maximum Gasteiger partial charge on any atom is 0.172 e. The minimum Gasteiger partial charge on any atom is -0.335 e. The normalized spacial score (nSPS) is 10.7. The van der Waals surface area contributed by atoms with Crippen LogP contribution in [0, 0.1) is 13.8 Å². The summed E-state index contributed by atoms with van der Waals surface area (Å²) in [6.45, 7) is 5.86. The van der Waals surface area contributed by atoms with Crippen LogP contribution >= 0.6 is 11.6 Å². The van der Waals surface area contributed by atoms with E-state index in [1.54, 1.807) is 4.68 Å². The van der Waals surface area contributed by atoms with Crippen LogP contribution in [-0.2, 0) is 13.5 Å². The molecule has 0 spiro atoms. The Morgan fingerprint density at radius 2 is 1.94 bits per heavy atom. The first kappa shape index (κ1) is 12.8. The smallest absolute Gasteiger partial charge is 0.172 e. The molecular formula is C12H16ClN5. The molecule has 6 heteroatoms. The van der Waals surface area contributed by atoms with Crippen LogP contribution in [0.2, 0.25) is 5.15 Å². The highest BCUT2D eigenvalue weighted by atomic mass is 35.5. The lowest BCUT2D eigenvalue weighted by atomic mass is 10.3. The van der Waals surface area contributed by atoms with Gasteiger partial charge in [-0.1, -0.05) is 18.5 Å².